The highest BCUT2D eigenvalue weighted by Gasteiger charge is 2.28. The monoisotopic (exact) mass is 321 g/mol. The molecular formula is C17H27N3O3. The third-order valence-corrected chi connectivity index (χ3v) is 5.03. The number of fused-ring (bicyclic) bond motifs is 1. The van der Waals surface area contributed by atoms with Crippen molar-refractivity contribution in [3.63, 3.8) is 0 Å². The third-order valence-electron chi connectivity index (χ3n) is 5.03. The van der Waals surface area contributed by atoms with Crippen LogP contribution in [0.3, 0.4) is 0 Å². The van der Waals surface area contributed by atoms with Crippen LogP contribution in [0.15, 0.2) is 0 Å². The number of nitrogens with zero attached hydrogens (tertiary/aromatic N) is 3. The van der Waals surface area contributed by atoms with Crippen molar-refractivity contribution >= 4 is 5.97 Å². The molecule has 1 aliphatic heterocycles. The Kier molecular flexibility index (Phi) is 5.33. The van der Waals surface area contributed by atoms with Crippen molar-refractivity contribution in [2.24, 2.45) is 0 Å². The fourth-order valence-corrected chi connectivity index (χ4v) is 3.97. The Bertz CT molecular complexity index is 550. The van der Waals surface area contributed by atoms with Crippen LogP contribution in [0.1, 0.15) is 48.6 Å². The van der Waals surface area contributed by atoms with Crippen LogP contribution in [0, 0.1) is 6.92 Å². The van der Waals surface area contributed by atoms with E-state index in [0.717, 1.165) is 70.8 Å². The number of rotatable bonds is 6. The predicted octanol–water partition coefficient (Wildman–Crippen LogP) is 1.81. The number of aromatic nitrogens is 2. The van der Waals surface area contributed by atoms with Crippen LogP contribution in [0.4, 0.5) is 0 Å². The standard InChI is InChI=1S/C17H27N3O3/c1-13-17-14(12-16(21)22)4-2-5-15(17)20(18-13)7-3-6-19-8-10-23-11-9-19/h14H,2-12H2,1H3,(H,21,22). The molecule has 1 aromatic heterocycles. The lowest BCUT2D eigenvalue weighted by Gasteiger charge is -2.26. The molecule has 1 unspecified atom stereocenters. The summed E-state index contributed by atoms with van der Waals surface area (Å²) in [5.74, 6) is -0.563. The van der Waals surface area contributed by atoms with E-state index in [1.54, 1.807) is 0 Å². The highest BCUT2D eigenvalue weighted by Crippen LogP contribution is 2.36. The summed E-state index contributed by atoms with van der Waals surface area (Å²) in [6, 6.07) is 0. The molecule has 2 heterocycles. The van der Waals surface area contributed by atoms with E-state index in [9.17, 15) is 4.79 Å². The zero-order valence-electron chi connectivity index (χ0n) is 14.0. The van der Waals surface area contributed by atoms with Gasteiger partial charge < -0.3 is 9.84 Å². The van der Waals surface area contributed by atoms with Crippen molar-refractivity contribution in [2.75, 3.05) is 32.8 Å². The van der Waals surface area contributed by atoms with Gasteiger partial charge in [0, 0.05) is 31.9 Å². The van der Waals surface area contributed by atoms with E-state index in [4.69, 9.17) is 14.9 Å². The summed E-state index contributed by atoms with van der Waals surface area (Å²) in [7, 11) is 0. The SMILES string of the molecule is Cc1nn(CCCN2CCOCC2)c2c1C(CC(=O)O)CCC2. The molecule has 0 spiro atoms. The first kappa shape index (κ1) is 16.5. The molecule has 0 bridgehead atoms. The predicted molar refractivity (Wildman–Crippen MR) is 86.8 cm³/mol. The Balaban J connectivity index is 1.63. The van der Waals surface area contributed by atoms with Crippen LogP contribution in [-0.2, 0) is 22.5 Å². The number of hydrogen-bond acceptors (Lipinski definition) is 4. The molecule has 0 aromatic carbocycles. The Morgan fingerprint density at radius 2 is 2.13 bits per heavy atom. The second kappa shape index (κ2) is 7.45. The van der Waals surface area contributed by atoms with Crippen molar-refractivity contribution in [3.05, 3.63) is 17.0 Å². The molecule has 2 aliphatic rings. The molecular weight excluding hydrogens is 294 g/mol. The van der Waals surface area contributed by atoms with E-state index in [0.29, 0.717) is 0 Å². The average molecular weight is 321 g/mol. The van der Waals surface area contributed by atoms with Crippen LogP contribution in [0.5, 0.6) is 0 Å². The van der Waals surface area contributed by atoms with E-state index in [1.165, 1.54) is 11.3 Å². The number of carboxylic acid groups (broad SMARTS) is 1. The molecule has 1 aliphatic carbocycles. The quantitative estimate of drug-likeness (QED) is 0.865. The van der Waals surface area contributed by atoms with Gasteiger partial charge >= 0.3 is 5.97 Å². The maximum absolute atomic E-state index is 11.1. The summed E-state index contributed by atoms with van der Waals surface area (Å²) < 4.78 is 7.52. The Hall–Kier alpha value is -1.40. The Morgan fingerprint density at radius 3 is 2.87 bits per heavy atom. The molecule has 0 amide bonds. The highest BCUT2D eigenvalue weighted by molar-refractivity contribution is 5.68. The summed E-state index contributed by atoms with van der Waals surface area (Å²) in [6.07, 6.45) is 4.38. The Labute approximate surface area is 137 Å². The minimum absolute atomic E-state index is 0.143. The smallest absolute Gasteiger partial charge is 0.303 e. The molecule has 0 saturated carbocycles. The number of morpholine rings is 1. The van der Waals surface area contributed by atoms with Crippen molar-refractivity contribution in [3.8, 4) is 0 Å². The van der Waals surface area contributed by atoms with Crippen molar-refractivity contribution in [1.82, 2.24) is 14.7 Å². The second-order valence-electron chi connectivity index (χ2n) is 6.66. The van der Waals surface area contributed by atoms with Gasteiger partial charge in [0.15, 0.2) is 0 Å². The summed E-state index contributed by atoms with van der Waals surface area (Å²) >= 11 is 0. The van der Waals surface area contributed by atoms with E-state index in [1.807, 2.05) is 6.92 Å². The fourth-order valence-electron chi connectivity index (χ4n) is 3.97. The number of carbonyl (C=O) groups is 1. The van der Waals surface area contributed by atoms with Crippen molar-refractivity contribution < 1.29 is 14.6 Å². The zero-order valence-corrected chi connectivity index (χ0v) is 14.0. The van der Waals surface area contributed by atoms with Crippen molar-refractivity contribution in [2.45, 2.75) is 51.5 Å². The molecule has 128 valence electrons. The number of ether oxygens (including phenoxy) is 1. The van der Waals surface area contributed by atoms with Gasteiger partial charge in [0.1, 0.15) is 0 Å². The third kappa shape index (κ3) is 3.93. The lowest BCUT2D eigenvalue weighted by molar-refractivity contribution is -0.137. The van der Waals surface area contributed by atoms with E-state index in [2.05, 4.69) is 9.58 Å². The maximum Gasteiger partial charge on any atom is 0.303 e. The van der Waals surface area contributed by atoms with Crippen LogP contribution in [0.25, 0.3) is 0 Å². The van der Waals surface area contributed by atoms with Gasteiger partial charge in [-0.05, 0) is 44.1 Å². The van der Waals surface area contributed by atoms with Crippen LogP contribution in [0.2, 0.25) is 0 Å². The maximum atomic E-state index is 11.1. The van der Waals surface area contributed by atoms with Gasteiger partial charge in [0.05, 0.1) is 25.3 Å². The number of hydrogen-bond donors (Lipinski definition) is 1. The normalized spacial score (nSPS) is 22.0. The molecule has 1 N–H and O–H groups in total. The number of carboxylic acids is 1. The number of aryl methyl sites for hydroxylation is 2. The van der Waals surface area contributed by atoms with Crippen molar-refractivity contribution in [1.29, 1.82) is 0 Å². The minimum atomic E-state index is -0.706. The molecule has 1 saturated heterocycles. The molecule has 23 heavy (non-hydrogen) atoms. The first-order valence-electron chi connectivity index (χ1n) is 8.73. The topological polar surface area (TPSA) is 67.6 Å². The molecule has 0 radical (unpaired) electrons. The van der Waals surface area contributed by atoms with E-state index >= 15 is 0 Å². The van der Waals surface area contributed by atoms with Gasteiger partial charge in [0.25, 0.3) is 0 Å². The van der Waals surface area contributed by atoms with Gasteiger partial charge in [-0.1, -0.05) is 0 Å². The summed E-state index contributed by atoms with van der Waals surface area (Å²) in [6.45, 7) is 7.76. The van der Waals surface area contributed by atoms with Gasteiger partial charge in [0.2, 0.25) is 0 Å². The minimum Gasteiger partial charge on any atom is -0.481 e. The first-order chi connectivity index (χ1) is 11.1. The summed E-state index contributed by atoms with van der Waals surface area (Å²) in [5, 5.41) is 13.8. The molecule has 1 atom stereocenters. The first-order valence-corrected chi connectivity index (χ1v) is 8.73. The van der Waals surface area contributed by atoms with Gasteiger partial charge in [-0.2, -0.15) is 5.10 Å². The Morgan fingerprint density at radius 1 is 1.35 bits per heavy atom. The van der Waals surface area contributed by atoms with Crippen LogP contribution >= 0.6 is 0 Å². The van der Waals surface area contributed by atoms with Gasteiger partial charge in [-0.15, -0.1) is 0 Å². The average Bonchev–Trinajstić information content (AvgIpc) is 2.85. The van der Waals surface area contributed by atoms with Gasteiger partial charge in [-0.3, -0.25) is 14.4 Å². The van der Waals surface area contributed by atoms with Crippen LogP contribution < -0.4 is 0 Å². The van der Waals surface area contributed by atoms with E-state index in [-0.39, 0.29) is 12.3 Å². The summed E-state index contributed by atoms with van der Waals surface area (Å²) in [5.41, 5.74) is 3.52. The number of aliphatic carboxylic acids is 1. The van der Waals surface area contributed by atoms with Crippen LogP contribution in [-0.4, -0.2) is 58.6 Å². The van der Waals surface area contributed by atoms with Gasteiger partial charge in [-0.25, -0.2) is 0 Å². The lowest BCUT2D eigenvalue weighted by atomic mass is 9.83. The molecule has 6 heteroatoms. The molecule has 1 fully saturated rings. The largest absolute Gasteiger partial charge is 0.481 e. The second-order valence-corrected chi connectivity index (χ2v) is 6.66. The fraction of sp³-hybridized carbons (Fsp3) is 0.765. The lowest BCUT2D eigenvalue weighted by Crippen LogP contribution is -2.37. The highest BCUT2D eigenvalue weighted by atomic mass is 16.5. The molecule has 1 aromatic rings. The molecule has 3 rings (SSSR count). The van der Waals surface area contributed by atoms with E-state index < -0.39 is 5.97 Å². The zero-order chi connectivity index (χ0) is 16.2. The molecule has 6 nitrogen and oxygen atoms in total. The summed E-state index contributed by atoms with van der Waals surface area (Å²) in [4.78, 5) is 13.5.